The fourth-order valence-corrected chi connectivity index (χ4v) is 3.38. The van der Waals surface area contributed by atoms with E-state index in [0.29, 0.717) is 27.4 Å². The maximum Gasteiger partial charge on any atom is 0.271 e. The summed E-state index contributed by atoms with van der Waals surface area (Å²) < 4.78 is 40.0. The van der Waals surface area contributed by atoms with Gasteiger partial charge in [-0.15, -0.1) is 0 Å². The molecule has 4 heterocycles. The number of aromatic nitrogens is 7. The minimum absolute atomic E-state index is 0.0806. The van der Waals surface area contributed by atoms with Crippen LogP contribution in [0.25, 0.3) is 28.2 Å². The quantitative estimate of drug-likeness (QED) is 0.512. The van der Waals surface area contributed by atoms with E-state index < -0.39 is 12.5 Å². The van der Waals surface area contributed by atoms with Gasteiger partial charge in [0.15, 0.2) is 17.8 Å². The lowest BCUT2D eigenvalue weighted by Crippen LogP contribution is -2.13. The Morgan fingerprint density at radius 2 is 2.03 bits per heavy atom. The molecule has 0 aromatic carbocycles. The number of nitrogens with one attached hydrogen (secondary N) is 1. The number of nitrogens with zero attached hydrogens (tertiary/aromatic N) is 6. The van der Waals surface area contributed by atoms with Gasteiger partial charge in [0.1, 0.15) is 21.9 Å². The third-order valence-corrected chi connectivity index (χ3v) is 4.76. The van der Waals surface area contributed by atoms with Gasteiger partial charge in [-0.05, 0) is 6.07 Å². The molecule has 0 aliphatic heterocycles. The first-order valence-electron chi connectivity index (χ1n) is 8.41. The monoisotopic (exact) mass is 423 g/mol. The lowest BCUT2D eigenvalue weighted by molar-refractivity contribution is -0.0388. The zero-order valence-electron chi connectivity index (χ0n) is 15.6. The van der Waals surface area contributed by atoms with Gasteiger partial charge in [-0.3, -0.25) is 5.10 Å². The van der Waals surface area contributed by atoms with Crippen LogP contribution >= 0.6 is 11.6 Å². The van der Waals surface area contributed by atoms with Crippen LogP contribution in [-0.2, 0) is 11.8 Å². The molecule has 9 nitrogen and oxygen atoms in total. The normalized spacial score (nSPS) is 12.8. The van der Waals surface area contributed by atoms with Crippen molar-refractivity contribution in [3.05, 3.63) is 35.6 Å². The van der Waals surface area contributed by atoms with Crippen molar-refractivity contribution in [2.24, 2.45) is 7.05 Å². The first kappa shape index (κ1) is 19.3. The summed E-state index contributed by atoms with van der Waals surface area (Å²) in [4.78, 5) is 12.8. The Bertz CT molecular complexity index is 1160. The van der Waals surface area contributed by atoms with Gasteiger partial charge in [0.25, 0.3) is 6.43 Å². The van der Waals surface area contributed by atoms with E-state index in [1.54, 1.807) is 41.0 Å². The van der Waals surface area contributed by atoms with Crippen molar-refractivity contribution in [1.29, 1.82) is 0 Å². The number of aromatic amines is 1. The number of hydrogen-bond acceptors (Lipinski definition) is 6. The second-order valence-electron chi connectivity index (χ2n) is 6.11. The van der Waals surface area contributed by atoms with E-state index in [9.17, 15) is 8.78 Å². The number of pyridine rings is 1. The molecule has 29 heavy (non-hydrogen) atoms. The fraction of sp³-hybridized carbons (Fsp3) is 0.294. The zero-order chi connectivity index (χ0) is 20.7. The highest BCUT2D eigenvalue weighted by molar-refractivity contribution is 6.32. The van der Waals surface area contributed by atoms with Crippen LogP contribution in [0.5, 0.6) is 5.88 Å². The Morgan fingerprint density at radius 3 is 2.66 bits per heavy atom. The molecule has 0 saturated heterocycles. The number of fused-ring (bicyclic) bond motifs is 1. The SMILES string of the molecule is COc1nc2c(-n3ccnc3)c(-c3n[nH]c([C@@H](OC)C(F)F)n3)n(C)c2cc1Cl. The van der Waals surface area contributed by atoms with Crippen molar-refractivity contribution < 1.29 is 18.3 Å². The van der Waals surface area contributed by atoms with Crippen LogP contribution in [0.2, 0.25) is 5.02 Å². The topological polar surface area (TPSA) is 95.7 Å². The summed E-state index contributed by atoms with van der Waals surface area (Å²) in [5.74, 6) is 0.371. The Morgan fingerprint density at radius 1 is 1.24 bits per heavy atom. The molecular formula is C17H16ClF2N7O2. The maximum absolute atomic E-state index is 13.2. The predicted octanol–water partition coefficient (Wildman–Crippen LogP) is 3.16. The lowest BCUT2D eigenvalue weighted by Gasteiger charge is -2.10. The Kier molecular flexibility index (Phi) is 4.92. The molecule has 4 aromatic rings. The van der Waals surface area contributed by atoms with Crippen LogP contribution < -0.4 is 4.74 Å². The number of ether oxygens (including phenoxy) is 2. The van der Waals surface area contributed by atoms with E-state index in [0.717, 1.165) is 0 Å². The van der Waals surface area contributed by atoms with Gasteiger partial charge in [0, 0.05) is 26.6 Å². The summed E-state index contributed by atoms with van der Waals surface area (Å²) in [6.07, 6.45) is 0.649. The number of H-pyrrole nitrogens is 1. The van der Waals surface area contributed by atoms with E-state index >= 15 is 0 Å². The molecule has 12 heteroatoms. The standard InChI is InChI=1S/C17H16ClF2N7O2/c1-26-9-6-8(18)17(29-3)22-10(9)11(27-5-4-21-7-27)12(26)15-23-16(25-24-15)13(28-2)14(19)20/h4-7,13-14H,1-3H3,(H,23,24,25)/t13-/m0/s1. The van der Waals surface area contributed by atoms with Crippen LogP contribution in [0.4, 0.5) is 8.78 Å². The molecule has 0 radical (unpaired) electrons. The molecule has 0 aliphatic carbocycles. The number of halogens is 3. The average Bonchev–Trinajstić information content (AvgIpc) is 3.42. The van der Waals surface area contributed by atoms with Crippen molar-refractivity contribution in [2.45, 2.75) is 12.5 Å². The van der Waals surface area contributed by atoms with Gasteiger partial charge >= 0.3 is 0 Å². The van der Waals surface area contributed by atoms with Gasteiger partial charge in [-0.1, -0.05) is 11.6 Å². The number of methoxy groups -OCH3 is 2. The van der Waals surface area contributed by atoms with Gasteiger partial charge in [0.2, 0.25) is 5.88 Å². The maximum atomic E-state index is 13.2. The largest absolute Gasteiger partial charge is 0.480 e. The summed E-state index contributed by atoms with van der Waals surface area (Å²) in [6, 6.07) is 1.71. The number of imidazole rings is 1. The summed E-state index contributed by atoms with van der Waals surface area (Å²) in [7, 11) is 4.43. The van der Waals surface area contributed by atoms with Crippen molar-refractivity contribution in [1.82, 2.24) is 34.3 Å². The molecule has 0 spiro atoms. The molecule has 0 bridgehead atoms. The third-order valence-electron chi connectivity index (χ3n) is 4.49. The molecular weight excluding hydrogens is 408 g/mol. The molecule has 1 atom stereocenters. The van der Waals surface area contributed by atoms with Gasteiger partial charge in [0.05, 0.1) is 19.0 Å². The predicted molar refractivity (Wildman–Crippen MR) is 101 cm³/mol. The van der Waals surface area contributed by atoms with Crippen molar-refractivity contribution in [3.8, 4) is 23.1 Å². The molecule has 152 valence electrons. The molecule has 0 amide bonds. The molecule has 0 aliphatic rings. The highest BCUT2D eigenvalue weighted by Crippen LogP contribution is 2.37. The second-order valence-corrected chi connectivity index (χ2v) is 6.52. The lowest BCUT2D eigenvalue weighted by atomic mass is 10.3. The minimum atomic E-state index is -2.76. The van der Waals surface area contributed by atoms with Gasteiger partial charge in [-0.2, -0.15) is 5.10 Å². The van der Waals surface area contributed by atoms with E-state index in [-0.39, 0.29) is 17.5 Å². The summed E-state index contributed by atoms with van der Waals surface area (Å²) >= 11 is 6.25. The van der Waals surface area contributed by atoms with Crippen LogP contribution in [0.15, 0.2) is 24.8 Å². The number of aryl methyl sites for hydroxylation is 1. The van der Waals surface area contributed by atoms with E-state index in [1.165, 1.54) is 14.2 Å². The fourth-order valence-electron chi connectivity index (χ4n) is 3.16. The van der Waals surface area contributed by atoms with Crippen molar-refractivity contribution >= 4 is 22.6 Å². The van der Waals surface area contributed by atoms with Gasteiger partial charge in [-0.25, -0.2) is 23.7 Å². The average molecular weight is 424 g/mol. The van der Waals surface area contributed by atoms with Crippen molar-refractivity contribution in [2.75, 3.05) is 14.2 Å². The molecule has 4 rings (SSSR count). The van der Waals surface area contributed by atoms with Crippen molar-refractivity contribution in [3.63, 3.8) is 0 Å². The molecule has 0 fully saturated rings. The van der Waals surface area contributed by atoms with E-state index in [2.05, 4.69) is 25.1 Å². The Hall–Kier alpha value is -3.05. The van der Waals surface area contributed by atoms with Crippen LogP contribution in [0.3, 0.4) is 0 Å². The summed E-state index contributed by atoms with van der Waals surface area (Å²) in [5, 5.41) is 7.00. The highest BCUT2D eigenvalue weighted by atomic mass is 35.5. The van der Waals surface area contributed by atoms with E-state index in [1.807, 2.05) is 0 Å². The number of hydrogen-bond donors (Lipinski definition) is 1. The Balaban J connectivity index is 1.99. The summed E-state index contributed by atoms with van der Waals surface area (Å²) in [5.41, 5.74) is 2.37. The van der Waals surface area contributed by atoms with Crippen LogP contribution in [0.1, 0.15) is 11.9 Å². The molecule has 4 aromatic heterocycles. The Labute approximate surface area is 168 Å². The molecule has 0 unspecified atom stereocenters. The first-order chi connectivity index (χ1) is 14.0. The van der Waals surface area contributed by atoms with E-state index in [4.69, 9.17) is 21.1 Å². The minimum Gasteiger partial charge on any atom is -0.480 e. The molecule has 0 saturated carbocycles. The first-order valence-corrected chi connectivity index (χ1v) is 8.78. The van der Waals surface area contributed by atoms with Crippen LogP contribution in [-0.4, -0.2) is 54.9 Å². The highest BCUT2D eigenvalue weighted by Gasteiger charge is 2.29. The third kappa shape index (κ3) is 3.12. The summed E-state index contributed by atoms with van der Waals surface area (Å²) in [6.45, 7) is 0. The number of rotatable bonds is 6. The van der Waals surface area contributed by atoms with Gasteiger partial charge < -0.3 is 18.6 Å². The molecule has 1 N–H and O–H groups in total. The second kappa shape index (κ2) is 7.41. The number of alkyl halides is 2. The van der Waals surface area contributed by atoms with Crippen LogP contribution in [0, 0.1) is 0 Å². The zero-order valence-corrected chi connectivity index (χ0v) is 16.4. The smallest absolute Gasteiger partial charge is 0.271 e.